The zero-order valence-electron chi connectivity index (χ0n) is 17.3. The molecule has 2 aliphatic heterocycles. The first-order valence-corrected chi connectivity index (χ1v) is 10.2. The number of benzene rings is 2. The highest BCUT2D eigenvalue weighted by atomic mass is 16.6. The quantitative estimate of drug-likeness (QED) is 0.351. The van der Waals surface area contributed by atoms with E-state index in [1.807, 2.05) is 0 Å². The van der Waals surface area contributed by atoms with Gasteiger partial charge in [-0.3, -0.25) is 9.59 Å². The topological polar surface area (TPSA) is 145 Å². The molecule has 2 N–H and O–H groups in total. The molecule has 2 amide bonds. The van der Waals surface area contributed by atoms with Gasteiger partial charge in [0.2, 0.25) is 0 Å². The fourth-order valence-electron chi connectivity index (χ4n) is 3.49. The first-order valence-electron chi connectivity index (χ1n) is 10.2. The van der Waals surface area contributed by atoms with Gasteiger partial charge in [-0.1, -0.05) is 0 Å². The summed E-state index contributed by atoms with van der Waals surface area (Å²) in [6.45, 7) is 0.794. The Balaban J connectivity index is 1.16. The highest BCUT2D eigenvalue weighted by Crippen LogP contribution is 2.22. The number of ether oxygens (including phenoxy) is 2. The van der Waals surface area contributed by atoms with Crippen LogP contribution in [0.25, 0.3) is 0 Å². The van der Waals surface area contributed by atoms with E-state index in [4.69, 9.17) is 0 Å². The van der Waals surface area contributed by atoms with Crippen LogP contribution in [0, 0.1) is 0 Å². The fourth-order valence-corrected chi connectivity index (χ4v) is 3.49. The normalized spacial score (nSPS) is 13.8. The first kappa shape index (κ1) is 21.9. The number of carbonyl (C=O) groups excluding carboxylic acids is 6. The number of cyclic esters (lactones) is 4. The third kappa shape index (κ3) is 4.49. The van der Waals surface area contributed by atoms with Gasteiger partial charge in [0, 0.05) is 24.2 Å². The predicted octanol–water partition coefficient (Wildman–Crippen LogP) is 1.64. The number of unbranched alkanes of at least 4 members (excludes halogenated alkanes) is 2. The molecular weight excluding hydrogens is 432 g/mol. The molecule has 168 valence electrons. The van der Waals surface area contributed by atoms with Crippen molar-refractivity contribution in [3.8, 4) is 0 Å². The van der Waals surface area contributed by atoms with E-state index >= 15 is 0 Å². The van der Waals surface area contributed by atoms with Gasteiger partial charge in [-0.25, -0.2) is 19.2 Å². The van der Waals surface area contributed by atoms with Crippen LogP contribution in [0.15, 0.2) is 36.4 Å². The highest BCUT2D eigenvalue weighted by molar-refractivity contribution is 6.16. The second-order valence-corrected chi connectivity index (χ2v) is 7.45. The van der Waals surface area contributed by atoms with E-state index in [-0.39, 0.29) is 45.2 Å². The van der Waals surface area contributed by atoms with Crippen LogP contribution in [0.1, 0.15) is 81.4 Å². The van der Waals surface area contributed by atoms with Crippen molar-refractivity contribution < 1.29 is 38.2 Å². The molecule has 4 rings (SSSR count). The lowest BCUT2D eigenvalue weighted by molar-refractivity contribution is 0.0425. The number of esters is 4. The highest BCUT2D eigenvalue weighted by Gasteiger charge is 2.31. The van der Waals surface area contributed by atoms with E-state index < -0.39 is 23.9 Å². The Kier molecular flexibility index (Phi) is 5.99. The minimum absolute atomic E-state index is 0.0789. The summed E-state index contributed by atoms with van der Waals surface area (Å²) in [4.78, 5) is 70.5. The van der Waals surface area contributed by atoms with Crippen LogP contribution in [0.4, 0.5) is 0 Å². The number of fused-ring (bicyclic) bond motifs is 2. The number of hydrogen-bond donors (Lipinski definition) is 2. The molecule has 0 atom stereocenters. The van der Waals surface area contributed by atoms with Gasteiger partial charge in [-0.15, -0.1) is 0 Å². The summed E-state index contributed by atoms with van der Waals surface area (Å²) in [5, 5.41) is 5.48. The molecule has 2 aromatic carbocycles. The summed E-state index contributed by atoms with van der Waals surface area (Å²) in [5.41, 5.74) is 0.963. The molecule has 0 radical (unpaired) electrons. The van der Waals surface area contributed by atoms with Crippen LogP contribution in [0.2, 0.25) is 0 Å². The fraction of sp³-hybridized carbons (Fsp3) is 0.217. The second kappa shape index (κ2) is 9.03. The van der Waals surface area contributed by atoms with Crippen molar-refractivity contribution in [2.45, 2.75) is 19.3 Å². The Morgan fingerprint density at radius 3 is 1.39 bits per heavy atom. The SMILES string of the molecule is O=C(NCCCCCNC(=O)c1ccc2c(c1)C(=O)OC2=O)c1ccc2c(c1)C(=O)OC2=O. The zero-order valence-corrected chi connectivity index (χ0v) is 17.3. The number of nitrogens with one attached hydrogen (secondary N) is 2. The lowest BCUT2D eigenvalue weighted by Gasteiger charge is -2.07. The maximum Gasteiger partial charge on any atom is 0.346 e. The van der Waals surface area contributed by atoms with Crippen molar-refractivity contribution in [1.29, 1.82) is 0 Å². The van der Waals surface area contributed by atoms with Crippen molar-refractivity contribution in [2.75, 3.05) is 13.1 Å². The Labute approximate surface area is 187 Å². The summed E-state index contributed by atoms with van der Waals surface area (Å²) in [7, 11) is 0. The maximum atomic E-state index is 12.2. The van der Waals surface area contributed by atoms with Gasteiger partial charge < -0.3 is 20.1 Å². The Morgan fingerprint density at radius 1 is 0.576 bits per heavy atom. The smallest absolute Gasteiger partial charge is 0.346 e. The lowest BCUT2D eigenvalue weighted by atomic mass is 10.1. The van der Waals surface area contributed by atoms with E-state index in [1.165, 1.54) is 36.4 Å². The monoisotopic (exact) mass is 450 g/mol. The van der Waals surface area contributed by atoms with Gasteiger partial charge in [0.1, 0.15) is 0 Å². The lowest BCUT2D eigenvalue weighted by Crippen LogP contribution is -2.26. The zero-order chi connectivity index (χ0) is 23.5. The molecule has 10 heteroatoms. The number of rotatable bonds is 8. The molecular formula is C23H18N2O8. The average Bonchev–Trinajstić information content (AvgIpc) is 3.26. The Hall–Kier alpha value is -4.34. The minimum Gasteiger partial charge on any atom is -0.386 e. The summed E-state index contributed by atoms with van der Waals surface area (Å²) in [6, 6.07) is 8.37. The third-order valence-corrected chi connectivity index (χ3v) is 5.24. The van der Waals surface area contributed by atoms with Gasteiger partial charge in [0.25, 0.3) is 11.8 Å². The predicted molar refractivity (Wildman–Crippen MR) is 111 cm³/mol. The Morgan fingerprint density at radius 2 is 0.970 bits per heavy atom. The van der Waals surface area contributed by atoms with Crippen molar-refractivity contribution >= 4 is 35.7 Å². The van der Waals surface area contributed by atoms with Gasteiger partial charge in [-0.05, 0) is 55.7 Å². The molecule has 2 aliphatic rings. The molecule has 0 unspecified atom stereocenters. The average molecular weight is 450 g/mol. The van der Waals surface area contributed by atoms with Gasteiger partial charge in [-0.2, -0.15) is 0 Å². The standard InChI is InChI=1S/C23H18N2O8/c26-18(12-4-6-14-16(10-12)22(30)32-20(14)28)24-8-2-1-3-9-25-19(27)13-5-7-15-17(11-13)23(31)33-21(15)29/h4-7,10-11H,1-3,8-9H2,(H,24,26)(H,25,27). The minimum atomic E-state index is -0.764. The molecule has 0 aromatic heterocycles. The molecule has 0 saturated heterocycles. The largest absolute Gasteiger partial charge is 0.386 e. The maximum absolute atomic E-state index is 12.2. The molecule has 0 aliphatic carbocycles. The summed E-state index contributed by atoms with van der Waals surface area (Å²) < 4.78 is 9.00. The summed E-state index contributed by atoms with van der Waals surface area (Å²) >= 11 is 0. The van der Waals surface area contributed by atoms with Gasteiger partial charge in [0.15, 0.2) is 0 Å². The second-order valence-electron chi connectivity index (χ2n) is 7.45. The van der Waals surface area contributed by atoms with Gasteiger partial charge in [0.05, 0.1) is 22.3 Å². The van der Waals surface area contributed by atoms with Crippen molar-refractivity contribution in [2.24, 2.45) is 0 Å². The van der Waals surface area contributed by atoms with Crippen LogP contribution in [0.3, 0.4) is 0 Å². The van der Waals surface area contributed by atoms with Crippen LogP contribution >= 0.6 is 0 Å². The molecule has 33 heavy (non-hydrogen) atoms. The summed E-state index contributed by atoms with van der Waals surface area (Å²) in [6.07, 6.45) is 2.07. The molecule has 0 spiro atoms. The molecule has 10 nitrogen and oxygen atoms in total. The molecule has 0 bridgehead atoms. The third-order valence-electron chi connectivity index (χ3n) is 5.24. The number of amides is 2. The van der Waals surface area contributed by atoms with E-state index in [0.717, 1.165) is 6.42 Å². The van der Waals surface area contributed by atoms with Crippen molar-refractivity contribution in [3.63, 3.8) is 0 Å². The molecule has 2 heterocycles. The van der Waals surface area contributed by atoms with E-state index in [1.54, 1.807) is 0 Å². The van der Waals surface area contributed by atoms with Crippen LogP contribution in [-0.4, -0.2) is 48.8 Å². The van der Waals surface area contributed by atoms with E-state index in [2.05, 4.69) is 20.1 Å². The van der Waals surface area contributed by atoms with E-state index in [0.29, 0.717) is 25.9 Å². The van der Waals surface area contributed by atoms with Gasteiger partial charge >= 0.3 is 23.9 Å². The van der Waals surface area contributed by atoms with Crippen LogP contribution < -0.4 is 10.6 Å². The first-order chi connectivity index (χ1) is 15.8. The molecule has 0 fully saturated rings. The molecule has 0 saturated carbocycles. The van der Waals surface area contributed by atoms with E-state index in [9.17, 15) is 28.8 Å². The van der Waals surface area contributed by atoms with Crippen LogP contribution in [0.5, 0.6) is 0 Å². The van der Waals surface area contributed by atoms with Crippen LogP contribution in [-0.2, 0) is 9.47 Å². The summed E-state index contributed by atoms with van der Waals surface area (Å²) in [5.74, 6) is -3.70. The van der Waals surface area contributed by atoms with Crippen molar-refractivity contribution in [3.05, 3.63) is 69.8 Å². The Bertz CT molecular complexity index is 1120. The number of hydrogen-bond acceptors (Lipinski definition) is 8. The van der Waals surface area contributed by atoms with Crippen molar-refractivity contribution in [1.82, 2.24) is 10.6 Å². The molecule has 2 aromatic rings. The number of carbonyl (C=O) groups is 6.